The van der Waals surface area contributed by atoms with Gasteiger partial charge in [-0.2, -0.15) is 0 Å². The zero-order valence-corrected chi connectivity index (χ0v) is 20.2. The van der Waals surface area contributed by atoms with E-state index in [9.17, 15) is 26.4 Å². The third-order valence-corrected chi connectivity index (χ3v) is 7.55. The van der Waals surface area contributed by atoms with Crippen molar-refractivity contribution in [3.8, 4) is 0 Å². The molecule has 1 aliphatic carbocycles. The van der Waals surface area contributed by atoms with Crippen LogP contribution in [0.3, 0.4) is 0 Å². The topological polar surface area (TPSA) is 76.1 Å². The van der Waals surface area contributed by atoms with E-state index in [0.29, 0.717) is 5.56 Å². The molecular weight excluding hydrogens is 477 g/mol. The fourth-order valence-electron chi connectivity index (χ4n) is 3.98. The number of hydrogen-bond donors (Lipinski definition) is 1. The van der Waals surface area contributed by atoms with Crippen LogP contribution in [0.1, 0.15) is 61.1 Å². The van der Waals surface area contributed by atoms with Crippen LogP contribution < -0.4 is 5.32 Å². The third-order valence-electron chi connectivity index (χ3n) is 6.12. The van der Waals surface area contributed by atoms with Crippen LogP contribution in [0.4, 0.5) is 13.2 Å². The van der Waals surface area contributed by atoms with Crippen molar-refractivity contribution in [3.05, 3.63) is 58.4 Å². The quantitative estimate of drug-likeness (QED) is 0.587. The summed E-state index contributed by atoms with van der Waals surface area (Å²) in [6, 6.07) is 7.01. The number of carbonyl (C=O) groups excluding carboxylic acids is 1. The van der Waals surface area contributed by atoms with E-state index in [1.54, 1.807) is 6.07 Å². The monoisotopic (exact) mass is 502 g/mol. The smallest absolute Gasteiger partial charge is 0.252 e. The second-order valence-electron chi connectivity index (χ2n) is 9.14. The van der Waals surface area contributed by atoms with Crippen LogP contribution in [-0.2, 0) is 20.9 Å². The first kappa shape index (κ1) is 25.5. The summed E-state index contributed by atoms with van der Waals surface area (Å²) >= 11 is 6.13. The van der Waals surface area contributed by atoms with Crippen LogP contribution in [0.15, 0.2) is 41.4 Å². The number of carbonyl (C=O) groups is 1. The average molecular weight is 503 g/mol. The maximum atomic E-state index is 14.2. The predicted octanol–water partition coefficient (Wildman–Crippen LogP) is 5.22. The Labute approximate surface area is 196 Å². The molecule has 1 aromatic heterocycles. The number of amides is 1. The lowest BCUT2D eigenvalue weighted by atomic mass is 9.68. The van der Waals surface area contributed by atoms with E-state index in [1.807, 2.05) is 0 Å². The van der Waals surface area contributed by atoms with Crippen molar-refractivity contribution < 1.29 is 26.4 Å². The average Bonchev–Trinajstić information content (AvgIpc) is 2.72. The van der Waals surface area contributed by atoms with Gasteiger partial charge < -0.3 is 5.32 Å². The first-order chi connectivity index (χ1) is 15.1. The van der Waals surface area contributed by atoms with E-state index in [2.05, 4.69) is 10.3 Å². The fraction of sp³-hybridized carbons (Fsp3) is 0.478. The number of sulfone groups is 1. The number of alkyl halides is 3. The van der Waals surface area contributed by atoms with E-state index in [4.69, 9.17) is 11.6 Å². The molecule has 2 aromatic rings. The Bertz CT molecular complexity index is 1140. The molecule has 1 saturated carbocycles. The summed E-state index contributed by atoms with van der Waals surface area (Å²) in [6.07, 6.45) is 2.05. The summed E-state index contributed by atoms with van der Waals surface area (Å²) in [4.78, 5) is 17.0. The van der Waals surface area contributed by atoms with Gasteiger partial charge in [0.05, 0.1) is 21.2 Å². The summed E-state index contributed by atoms with van der Waals surface area (Å²) in [7, 11) is -3.49. The van der Waals surface area contributed by atoms with Crippen LogP contribution >= 0.6 is 11.6 Å². The fourth-order valence-corrected chi connectivity index (χ4v) is 4.95. The molecule has 0 atom stereocenters. The first-order valence-electron chi connectivity index (χ1n) is 10.4. The highest BCUT2D eigenvalue weighted by Crippen LogP contribution is 2.45. The number of hydrogen-bond acceptors (Lipinski definition) is 4. The Morgan fingerprint density at radius 1 is 1.15 bits per heavy atom. The minimum absolute atomic E-state index is 0.0167. The summed E-state index contributed by atoms with van der Waals surface area (Å²) in [6.45, 7) is 2.81. The van der Waals surface area contributed by atoms with E-state index < -0.39 is 32.8 Å². The van der Waals surface area contributed by atoms with Crippen molar-refractivity contribution >= 4 is 27.3 Å². The minimum atomic E-state index is -3.49. The van der Waals surface area contributed by atoms with Gasteiger partial charge in [0.25, 0.3) is 5.91 Å². The van der Waals surface area contributed by atoms with Gasteiger partial charge in [0.2, 0.25) is 5.92 Å². The Kier molecular flexibility index (Phi) is 6.88. The van der Waals surface area contributed by atoms with Gasteiger partial charge in [-0.05, 0) is 56.5 Å². The van der Waals surface area contributed by atoms with Gasteiger partial charge in [-0.1, -0.05) is 17.7 Å². The molecule has 1 aromatic carbocycles. The van der Waals surface area contributed by atoms with Crippen molar-refractivity contribution in [2.24, 2.45) is 0 Å². The first-order valence-corrected chi connectivity index (χ1v) is 12.7. The molecule has 10 heteroatoms. The number of aromatic nitrogens is 1. The molecule has 0 spiro atoms. The largest absolute Gasteiger partial charge is 0.351 e. The number of pyridine rings is 1. The molecule has 1 amide bonds. The number of nitrogens with one attached hydrogen (secondary N) is 1. The van der Waals surface area contributed by atoms with Crippen LogP contribution in [0, 0.1) is 0 Å². The van der Waals surface area contributed by atoms with Gasteiger partial charge in [0.1, 0.15) is 5.67 Å². The molecule has 1 fully saturated rings. The van der Waals surface area contributed by atoms with Gasteiger partial charge in [-0.15, -0.1) is 0 Å². The Balaban J connectivity index is 1.85. The third kappa shape index (κ3) is 5.87. The molecule has 1 heterocycles. The van der Waals surface area contributed by atoms with Crippen molar-refractivity contribution in [2.45, 2.75) is 61.4 Å². The van der Waals surface area contributed by atoms with E-state index >= 15 is 0 Å². The predicted molar refractivity (Wildman–Crippen MR) is 120 cm³/mol. The van der Waals surface area contributed by atoms with Crippen molar-refractivity contribution in [3.63, 3.8) is 0 Å². The van der Waals surface area contributed by atoms with E-state index in [0.717, 1.165) is 6.26 Å². The molecule has 3 rings (SSSR count). The Morgan fingerprint density at radius 2 is 1.79 bits per heavy atom. The molecular formula is C23H26ClF3N2O3S. The molecule has 0 bridgehead atoms. The molecule has 5 nitrogen and oxygen atoms in total. The summed E-state index contributed by atoms with van der Waals surface area (Å²) in [5, 5.41) is 2.73. The highest BCUT2D eigenvalue weighted by atomic mass is 35.5. The highest BCUT2D eigenvalue weighted by molar-refractivity contribution is 7.90. The second kappa shape index (κ2) is 8.91. The summed E-state index contributed by atoms with van der Waals surface area (Å²) in [5.41, 5.74) is -1.50. The molecule has 0 aliphatic heterocycles. The number of nitrogens with zero attached hydrogens (tertiary/aromatic N) is 1. The van der Waals surface area contributed by atoms with Crippen molar-refractivity contribution in [2.75, 3.05) is 12.8 Å². The van der Waals surface area contributed by atoms with Gasteiger partial charge >= 0.3 is 0 Å². The molecule has 180 valence electrons. The van der Waals surface area contributed by atoms with Crippen LogP contribution in [0.2, 0.25) is 5.02 Å². The zero-order valence-electron chi connectivity index (χ0n) is 18.6. The van der Waals surface area contributed by atoms with Crippen LogP contribution in [-0.4, -0.2) is 38.0 Å². The van der Waals surface area contributed by atoms with Crippen LogP contribution in [0.5, 0.6) is 0 Å². The Morgan fingerprint density at radius 3 is 2.27 bits per heavy atom. The maximum absolute atomic E-state index is 14.2. The highest BCUT2D eigenvalue weighted by Gasteiger charge is 2.44. The molecule has 0 unspecified atom stereocenters. The van der Waals surface area contributed by atoms with Gasteiger partial charge in [0.15, 0.2) is 9.84 Å². The number of benzene rings is 1. The van der Waals surface area contributed by atoms with E-state index in [1.165, 1.54) is 44.3 Å². The molecule has 33 heavy (non-hydrogen) atoms. The van der Waals surface area contributed by atoms with Crippen molar-refractivity contribution in [1.82, 2.24) is 10.3 Å². The number of halogens is 4. The molecule has 0 radical (unpaired) electrons. The summed E-state index contributed by atoms with van der Waals surface area (Å²) in [5.74, 6) is -3.33. The lowest BCUT2D eigenvalue weighted by molar-refractivity contribution is -0.0516. The normalized spacial score (nSPS) is 18.0. The zero-order chi connectivity index (χ0) is 24.7. The second-order valence-corrected chi connectivity index (χ2v) is 11.6. The summed E-state index contributed by atoms with van der Waals surface area (Å²) < 4.78 is 65.4. The standard InChI is InChI=1S/C23H26ClF3N2O3S/c1-21(2,25)19-7-4-15(13-28-19)22(8-10-23(26,27)11-9-22)14-29-20(30)17-6-5-16(12-18(17)24)33(3,31)32/h4-7,12-13H,8-11,14H2,1-3H3,(H,29,30). The lowest BCUT2D eigenvalue weighted by Gasteiger charge is -2.40. The Hall–Kier alpha value is -2.13. The minimum Gasteiger partial charge on any atom is -0.351 e. The van der Waals surface area contributed by atoms with Gasteiger partial charge in [-0.25, -0.2) is 21.6 Å². The molecule has 1 aliphatic rings. The van der Waals surface area contributed by atoms with E-state index in [-0.39, 0.29) is 53.4 Å². The molecule has 0 saturated heterocycles. The van der Waals surface area contributed by atoms with Crippen LogP contribution in [0.25, 0.3) is 0 Å². The van der Waals surface area contributed by atoms with Crippen molar-refractivity contribution in [1.29, 1.82) is 0 Å². The number of rotatable bonds is 6. The van der Waals surface area contributed by atoms with Gasteiger partial charge in [-0.3, -0.25) is 9.78 Å². The SMILES string of the molecule is CC(C)(F)c1ccc(C2(CNC(=O)c3ccc(S(C)(=O)=O)cc3Cl)CCC(F)(F)CC2)cn1. The maximum Gasteiger partial charge on any atom is 0.252 e. The lowest BCUT2D eigenvalue weighted by Crippen LogP contribution is -2.45. The van der Waals surface area contributed by atoms with Gasteiger partial charge in [0, 0.05) is 37.3 Å². The molecule has 1 N–H and O–H groups in total.